The number of nitro benzene ring substituents is 1. The van der Waals surface area contributed by atoms with Crippen LogP contribution in [0.4, 0.5) is 5.69 Å². The van der Waals surface area contributed by atoms with Gasteiger partial charge in [0, 0.05) is 12.3 Å². The Labute approximate surface area is 116 Å². The van der Waals surface area contributed by atoms with Crippen molar-refractivity contribution >= 4 is 11.9 Å². The van der Waals surface area contributed by atoms with E-state index in [0.717, 1.165) is 5.56 Å². The average molecular weight is 269 g/mol. The molecule has 5 nitrogen and oxygen atoms in total. The second-order valence-corrected chi connectivity index (χ2v) is 4.32. The van der Waals surface area contributed by atoms with Crippen molar-refractivity contribution in [1.82, 2.24) is 0 Å². The molecule has 0 fully saturated rings. The Morgan fingerprint density at radius 3 is 2.50 bits per heavy atom. The van der Waals surface area contributed by atoms with E-state index in [-0.39, 0.29) is 11.6 Å². The van der Waals surface area contributed by atoms with Crippen molar-refractivity contribution in [2.75, 3.05) is 0 Å². The fourth-order valence-electron chi connectivity index (χ4n) is 1.80. The molecule has 0 aliphatic rings. The predicted octanol–water partition coefficient (Wildman–Crippen LogP) is 2.85. The lowest BCUT2D eigenvalue weighted by Gasteiger charge is -2.11. The van der Waals surface area contributed by atoms with Crippen LogP contribution in [-0.2, 0) is 0 Å². The Bertz CT molecular complexity index is 639. The lowest BCUT2D eigenvalue weighted by molar-refractivity contribution is -0.398. The number of hydrogen-bond acceptors (Lipinski definition) is 4. The van der Waals surface area contributed by atoms with Crippen LogP contribution < -0.4 is 5.11 Å². The molecule has 2 aromatic rings. The standard InChI is InChI=1S/C15H14N2O3/c1-11(12-6-3-2-4-7-12)16-10-13-8-5-9-14(15(13)18)17(19)20/h2-11,18H,1H3/p-1/t11-/m0/s1. The zero-order valence-electron chi connectivity index (χ0n) is 10.9. The van der Waals surface area contributed by atoms with Crippen LogP contribution in [0.3, 0.4) is 0 Å². The normalized spacial score (nSPS) is 12.4. The number of aliphatic imine (C=N–C) groups is 1. The minimum absolute atomic E-state index is 0.116. The summed E-state index contributed by atoms with van der Waals surface area (Å²) in [6.07, 6.45) is 1.40. The highest BCUT2D eigenvalue weighted by Crippen LogP contribution is 2.26. The summed E-state index contributed by atoms with van der Waals surface area (Å²) in [5.41, 5.74) is 0.810. The van der Waals surface area contributed by atoms with Gasteiger partial charge in [0.25, 0.3) is 5.69 Å². The minimum Gasteiger partial charge on any atom is -0.867 e. The molecular formula is C15H13N2O3-. The smallest absolute Gasteiger partial charge is 0.262 e. The number of nitrogens with zero attached hydrogens (tertiary/aromatic N) is 2. The van der Waals surface area contributed by atoms with Crippen molar-refractivity contribution < 1.29 is 10.0 Å². The maximum atomic E-state index is 11.8. The van der Waals surface area contributed by atoms with Gasteiger partial charge in [-0.15, -0.1) is 0 Å². The van der Waals surface area contributed by atoms with Crippen LogP contribution in [0.2, 0.25) is 0 Å². The zero-order chi connectivity index (χ0) is 14.5. The van der Waals surface area contributed by atoms with Crippen molar-refractivity contribution in [3.63, 3.8) is 0 Å². The van der Waals surface area contributed by atoms with E-state index in [0.29, 0.717) is 0 Å². The number of nitro groups is 1. The molecule has 0 aromatic heterocycles. The monoisotopic (exact) mass is 269 g/mol. The third-order valence-electron chi connectivity index (χ3n) is 2.94. The first-order valence-corrected chi connectivity index (χ1v) is 6.12. The predicted molar refractivity (Wildman–Crippen MR) is 75.0 cm³/mol. The van der Waals surface area contributed by atoms with Crippen LogP contribution in [0.25, 0.3) is 0 Å². The van der Waals surface area contributed by atoms with Gasteiger partial charge < -0.3 is 5.11 Å². The van der Waals surface area contributed by atoms with Gasteiger partial charge in [-0.3, -0.25) is 15.1 Å². The van der Waals surface area contributed by atoms with Crippen molar-refractivity contribution in [3.05, 3.63) is 69.8 Å². The molecule has 0 unspecified atom stereocenters. The van der Waals surface area contributed by atoms with E-state index in [1.165, 1.54) is 24.4 Å². The molecule has 0 saturated heterocycles. The Morgan fingerprint density at radius 1 is 1.15 bits per heavy atom. The van der Waals surface area contributed by atoms with Gasteiger partial charge in [-0.2, -0.15) is 0 Å². The third kappa shape index (κ3) is 3.00. The highest BCUT2D eigenvalue weighted by molar-refractivity contribution is 5.85. The highest BCUT2D eigenvalue weighted by atomic mass is 16.6. The summed E-state index contributed by atoms with van der Waals surface area (Å²) in [7, 11) is 0. The Balaban J connectivity index is 2.24. The summed E-state index contributed by atoms with van der Waals surface area (Å²) in [4.78, 5) is 14.3. The van der Waals surface area contributed by atoms with Crippen LogP contribution in [0.15, 0.2) is 53.5 Å². The van der Waals surface area contributed by atoms with Crippen LogP contribution >= 0.6 is 0 Å². The highest BCUT2D eigenvalue weighted by Gasteiger charge is 2.08. The maximum absolute atomic E-state index is 11.8. The molecule has 2 aromatic carbocycles. The van der Waals surface area contributed by atoms with Crippen molar-refractivity contribution in [3.8, 4) is 5.75 Å². The lowest BCUT2D eigenvalue weighted by atomic mass is 10.1. The van der Waals surface area contributed by atoms with E-state index in [2.05, 4.69) is 4.99 Å². The second-order valence-electron chi connectivity index (χ2n) is 4.32. The summed E-state index contributed by atoms with van der Waals surface area (Å²) in [6.45, 7) is 1.90. The van der Waals surface area contributed by atoms with Crippen LogP contribution in [0.5, 0.6) is 5.75 Å². The maximum Gasteiger partial charge on any atom is 0.262 e. The lowest BCUT2D eigenvalue weighted by Crippen LogP contribution is -2.02. The largest absolute Gasteiger partial charge is 0.867 e. The molecule has 0 aliphatic heterocycles. The molecule has 0 saturated carbocycles. The molecule has 5 heteroatoms. The number of hydrogen-bond donors (Lipinski definition) is 0. The fraction of sp³-hybridized carbons (Fsp3) is 0.133. The molecule has 0 bridgehead atoms. The Hall–Kier alpha value is -2.69. The topological polar surface area (TPSA) is 78.6 Å². The molecule has 0 radical (unpaired) electrons. The first-order chi connectivity index (χ1) is 9.59. The van der Waals surface area contributed by atoms with Gasteiger partial charge in [-0.05, 0) is 23.8 Å². The molecule has 0 aliphatic carbocycles. The van der Waals surface area contributed by atoms with E-state index < -0.39 is 16.4 Å². The molecule has 20 heavy (non-hydrogen) atoms. The third-order valence-corrected chi connectivity index (χ3v) is 2.94. The molecule has 0 amide bonds. The van der Waals surface area contributed by atoms with Crippen molar-refractivity contribution in [1.29, 1.82) is 0 Å². The summed E-state index contributed by atoms with van der Waals surface area (Å²) < 4.78 is 0. The van der Waals surface area contributed by atoms with E-state index in [9.17, 15) is 15.2 Å². The molecule has 0 heterocycles. The minimum atomic E-state index is -0.680. The fourth-order valence-corrected chi connectivity index (χ4v) is 1.80. The van der Waals surface area contributed by atoms with Gasteiger partial charge in [0.1, 0.15) is 0 Å². The number of para-hydroxylation sites is 1. The van der Waals surface area contributed by atoms with Gasteiger partial charge in [-0.25, -0.2) is 0 Å². The number of rotatable bonds is 4. The second kappa shape index (κ2) is 5.97. The van der Waals surface area contributed by atoms with Crippen molar-refractivity contribution in [2.45, 2.75) is 13.0 Å². The Morgan fingerprint density at radius 2 is 1.85 bits per heavy atom. The SMILES string of the molecule is C[C@H](N=Cc1cccc([N+](=O)[O-])c1[O-])c1ccccc1. The summed E-state index contributed by atoms with van der Waals surface area (Å²) in [5, 5.41) is 22.5. The van der Waals surface area contributed by atoms with Gasteiger partial charge in [0.05, 0.1) is 11.0 Å². The van der Waals surface area contributed by atoms with E-state index in [1.807, 2.05) is 37.3 Å². The molecule has 0 spiro atoms. The van der Waals surface area contributed by atoms with Gasteiger partial charge in [-0.1, -0.05) is 42.5 Å². The zero-order valence-corrected chi connectivity index (χ0v) is 10.9. The summed E-state index contributed by atoms with van der Waals surface area (Å²) in [5.74, 6) is -0.610. The number of benzene rings is 2. The van der Waals surface area contributed by atoms with Gasteiger partial charge in [0.15, 0.2) is 0 Å². The Kier molecular flexibility index (Phi) is 4.10. The average Bonchev–Trinajstić information content (AvgIpc) is 2.46. The van der Waals surface area contributed by atoms with Gasteiger partial charge >= 0.3 is 0 Å². The molecular weight excluding hydrogens is 256 g/mol. The summed E-state index contributed by atoms with van der Waals surface area (Å²) in [6, 6.07) is 13.7. The first-order valence-electron chi connectivity index (χ1n) is 6.12. The van der Waals surface area contributed by atoms with Crippen LogP contribution in [0.1, 0.15) is 24.1 Å². The van der Waals surface area contributed by atoms with E-state index in [4.69, 9.17) is 0 Å². The first kappa shape index (κ1) is 13.7. The van der Waals surface area contributed by atoms with Crippen molar-refractivity contribution in [2.24, 2.45) is 4.99 Å². The molecule has 2 rings (SSSR count). The summed E-state index contributed by atoms with van der Waals surface area (Å²) >= 11 is 0. The van der Waals surface area contributed by atoms with Crippen LogP contribution in [-0.4, -0.2) is 11.1 Å². The van der Waals surface area contributed by atoms with E-state index >= 15 is 0 Å². The quantitative estimate of drug-likeness (QED) is 0.486. The molecule has 102 valence electrons. The van der Waals surface area contributed by atoms with Crippen LogP contribution in [0, 0.1) is 10.1 Å². The molecule has 0 N–H and O–H groups in total. The van der Waals surface area contributed by atoms with E-state index in [1.54, 1.807) is 0 Å². The molecule has 1 atom stereocenters. The van der Waals surface area contributed by atoms with Gasteiger partial charge in [0.2, 0.25) is 0 Å².